The minimum atomic E-state index is -0.766. The van der Waals surface area contributed by atoms with Crippen LogP contribution >= 0.6 is 11.6 Å². The fourth-order valence-electron chi connectivity index (χ4n) is 5.17. The summed E-state index contributed by atoms with van der Waals surface area (Å²) in [5, 5.41) is 0.459. The van der Waals surface area contributed by atoms with Crippen LogP contribution in [0, 0.1) is 0 Å². The van der Waals surface area contributed by atoms with Crippen molar-refractivity contribution in [2.75, 3.05) is 13.7 Å². The number of amides is 2. The standard InChI is InChI=1S/C37H50ClN2O5.HI/c1-4-5-6-7-8-9-10-11-12-13-14-19-26-44-35-24-23-30(27-33(35)38)29-45-37(42)40(28-31-20-17-18-25-39(31)2)36(41)32-21-15-16-22-34(32)43-3;/h15-18,20-25,27H,4-14,19,26,28-29H2,1-3H3;1H/q+1;/p-1. The van der Waals surface area contributed by atoms with Crippen LogP contribution in [-0.4, -0.2) is 30.6 Å². The number of benzene rings is 2. The van der Waals surface area contributed by atoms with Crippen molar-refractivity contribution in [3.63, 3.8) is 0 Å². The van der Waals surface area contributed by atoms with E-state index >= 15 is 0 Å². The molecule has 2 amide bonds. The third-order valence-corrected chi connectivity index (χ3v) is 8.19. The van der Waals surface area contributed by atoms with Gasteiger partial charge in [0, 0.05) is 12.1 Å². The quantitative estimate of drug-likeness (QED) is 0.0776. The maximum atomic E-state index is 13.6. The molecule has 0 spiro atoms. The molecule has 0 fully saturated rings. The van der Waals surface area contributed by atoms with E-state index < -0.39 is 12.0 Å². The number of nitrogens with zero attached hydrogens (tertiary/aromatic N) is 2. The molecule has 0 atom stereocenters. The highest BCUT2D eigenvalue weighted by Gasteiger charge is 2.29. The van der Waals surface area contributed by atoms with Crippen LogP contribution in [0.5, 0.6) is 11.5 Å². The van der Waals surface area contributed by atoms with Gasteiger partial charge in [-0.2, -0.15) is 0 Å². The van der Waals surface area contributed by atoms with Gasteiger partial charge < -0.3 is 38.2 Å². The highest BCUT2D eigenvalue weighted by atomic mass is 127. The lowest BCUT2D eigenvalue weighted by Gasteiger charge is -2.20. The number of aryl methyl sites for hydroxylation is 1. The molecule has 46 heavy (non-hydrogen) atoms. The fraction of sp³-hybridized carbons (Fsp3) is 0.486. The lowest BCUT2D eigenvalue weighted by atomic mass is 10.1. The fourth-order valence-corrected chi connectivity index (χ4v) is 5.43. The predicted octanol–water partition coefficient (Wildman–Crippen LogP) is 6.24. The number of unbranched alkanes of at least 4 members (excludes halogenated alkanes) is 11. The molecule has 0 saturated heterocycles. The van der Waals surface area contributed by atoms with Crippen LogP contribution in [0.1, 0.15) is 106 Å². The van der Waals surface area contributed by atoms with E-state index in [2.05, 4.69) is 6.92 Å². The first-order chi connectivity index (χ1) is 21.9. The number of imide groups is 1. The lowest BCUT2D eigenvalue weighted by molar-refractivity contribution is -0.679. The number of methoxy groups -OCH3 is 1. The summed E-state index contributed by atoms with van der Waals surface area (Å²) in [5.74, 6) is 0.476. The van der Waals surface area contributed by atoms with E-state index in [1.807, 2.05) is 42.1 Å². The molecule has 3 aromatic rings. The largest absolute Gasteiger partial charge is 1.00 e. The molecule has 1 heterocycles. The number of carbonyl (C=O) groups excluding carboxylic acids is 2. The highest BCUT2D eigenvalue weighted by Crippen LogP contribution is 2.27. The normalized spacial score (nSPS) is 10.6. The topological polar surface area (TPSA) is 69.0 Å². The van der Waals surface area contributed by atoms with Gasteiger partial charge in [0.15, 0.2) is 6.20 Å². The van der Waals surface area contributed by atoms with Crippen LogP contribution in [0.25, 0.3) is 0 Å². The zero-order valence-electron chi connectivity index (χ0n) is 27.6. The Kier molecular flexibility index (Phi) is 19.4. The summed E-state index contributed by atoms with van der Waals surface area (Å²) in [5.41, 5.74) is 1.73. The second-order valence-electron chi connectivity index (χ2n) is 11.5. The van der Waals surface area contributed by atoms with Gasteiger partial charge in [-0.3, -0.25) is 4.79 Å². The third-order valence-electron chi connectivity index (χ3n) is 7.90. The van der Waals surface area contributed by atoms with Crippen LogP contribution in [-0.2, 0) is 24.9 Å². The molecule has 0 N–H and O–H groups in total. The lowest BCUT2D eigenvalue weighted by Crippen LogP contribution is -3.00. The van der Waals surface area contributed by atoms with Gasteiger partial charge >= 0.3 is 6.09 Å². The molecule has 2 aromatic carbocycles. The Balaban J connectivity index is 0.00000736. The van der Waals surface area contributed by atoms with E-state index in [4.69, 9.17) is 25.8 Å². The van der Waals surface area contributed by atoms with Crippen molar-refractivity contribution in [1.29, 1.82) is 0 Å². The van der Waals surface area contributed by atoms with Crippen LogP contribution < -0.4 is 38.0 Å². The Hall–Kier alpha value is -2.85. The van der Waals surface area contributed by atoms with E-state index in [0.29, 0.717) is 28.7 Å². The Labute approximate surface area is 297 Å². The molecule has 9 heteroatoms. The third kappa shape index (κ3) is 13.5. The van der Waals surface area contributed by atoms with Crippen LogP contribution in [0.2, 0.25) is 5.02 Å². The molecule has 0 aliphatic carbocycles. The van der Waals surface area contributed by atoms with E-state index in [1.54, 1.807) is 36.4 Å². The number of hydrogen-bond acceptors (Lipinski definition) is 5. The number of halogens is 2. The van der Waals surface area contributed by atoms with E-state index in [0.717, 1.165) is 23.4 Å². The molecule has 7 nitrogen and oxygen atoms in total. The van der Waals surface area contributed by atoms with Crippen molar-refractivity contribution in [3.8, 4) is 11.5 Å². The first-order valence-electron chi connectivity index (χ1n) is 16.4. The second-order valence-corrected chi connectivity index (χ2v) is 11.9. The number of hydrogen-bond donors (Lipinski definition) is 0. The van der Waals surface area contributed by atoms with Crippen LogP contribution in [0.15, 0.2) is 66.9 Å². The Bertz CT molecular complexity index is 1340. The summed E-state index contributed by atoms with van der Waals surface area (Å²) in [6.07, 6.45) is 16.6. The van der Waals surface area contributed by atoms with Crippen molar-refractivity contribution in [1.82, 2.24) is 4.90 Å². The van der Waals surface area contributed by atoms with Gasteiger partial charge in [0.1, 0.15) is 31.7 Å². The molecule has 0 aliphatic rings. The van der Waals surface area contributed by atoms with Crippen LogP contribution in [0.4, 0.5) is 4.79 Å². The van der Waals surface area contributed by atoms with Crippen LogP contribution in [0.3, 0.4) is 0 Å². The van der Waals surface area contributed by atoms with E-state index in [9.17, 15) is 9.59 Å². The monoisotopic (exact) mass is 764 g/mol. The van der Waals surface area contributed by atoms with Gasteiger partial charge in [0.25, 0.3) is 5.91 Å². The summed E-state index contributed by atoms with van der Waals surface area (Å²) >= 11 is 6.50. The average Bonchev–Trinajstić information content (AvgIpc) is 3.05. The Morgan fingerprint density at radius 2 is 1.43 bits per heavy atom. The van der Waals surface area contributed by atoms with Gasteiger partial charge in [-0.15, -0.1) is 0 Å². The Morgan fingerprint density at radius 3 is 2.07 bits per heavy atom. The minimum absolute atomic E-state index is 0. The summed E-state index contributed by atoms with van der Waals surface area (Å²) < 4.78 is 18.8. The maximum absolute atomic E-state index is 13.6. The first kappa shape index (κ1) is 39.3. The number of carbonyl (C=O) groups is 2. The SMILES string of the molecule is CCCCCCCCCCCCCCOc1ccc(COC(=O)N(Cc2cccc[n+]2C)C(=O)c2ccccc2OC)cc1Cl.[I-]. The molecule has 0 saturated carbocycles. The van der Waals surface area contributed by atoms with Gasteiger partial charge in [-0.05, 0) is 36.2 Å². The summed E-state index contributed by atoms with van der Waals surface area (Å²) in [6.45, 7) is 2.85. The van der Waals surface area contributed by atoms with Crippen molar-refractivity contribution in [3.05, 3.63) is 88.7 Å². The van der Waals surface area contributed by atoms with E-state index in [-0.39, 0.29) is 42.7 Å². The predicted molar refractivity (Wildman–Crippen MR) is 179 cm³/mol. The molecule has 0 bridgehead atoms. The molecule has 0 radical (unpaired) electrons. The molecule has 252 valence electrons. The number of aromatic nitrogens is 1. The summed E-state index contributed by atoms with van der Waals surface area (Å²) in [7, 11) is 3.35. The number of pyridine rings is 1. The maximum Gasteiger partial charge on any atom is 0.417 e. The number of para-hydroxylation sites is 1. The zero-order valence-corrected chi connectivity index (χ0v) is 30.6. The number of rotatable bonds is 20. The molecule has 3 rings (SSSR count). The van der Waals surface area contributed by atoms with Crippen molar-refractivity contribution >= 4 is 23.6 Å². The zero-order chi connectivity index (χ0) is 32.3. The number of ether oxygens (including phenoxy) is 3. The molecular formula is C37H50ClIN2O5. The second kappa shape index (κ2) is 22.6. The van der Waals surface area contributed by atoms with Crippen molar-refractivity contribution < 1.29 is 52.3 Å². The van der Waals surface area contributed by atoms with Gasteiger partial charge in [0.2, 0.25) is 5.69 Å². The smallest absolute Gasteiger partial charge is 0.417 e. The van der Waals surface area contributed by atoms with Gasteiger partial charge in [-0.1, -0.05) is 113 Å². The first-order valence-corrected chi connectivity index (χ1v) is 16.8. The minimum Gasteiger partial charge on any atom is -1.00 e. The average molecular weight is 765 g/mol. The molecule has 0 unspecified atom stereocenters. The summed E-state index contributed by atoms with van der Waals surface area (Å²) in [4.78, 5) is 28.0. The Morgan fingerprint density at radius 1 is 0.804 bits per heavy atom. The highest BCUT2D eigenvalue weighted by molar-refractivity contribution is 6.32. The summed E-state index contributed by atoms with van der Waals surface area (Å²) in [6, 6.07) is 17.7. The molecule has 1 aromatic heterocycles. The van der Waals surface area contributed by atoms with E-state index in [1.165, 1.54) is 71.3 Å². The van der Waals surface area contributed by atoms with Crippen molar-refractivity contribution in [2.45, 2.75) is 97.1 Å². The van der Waals surface area contributed by atoms with Gasteiger partial charge in [-0.25, -0.2) is 14.3 Å². The molecular weight excluding hydrogens is 715 g/mol. The molecule has 0 aliphatic heterocycles. The van der Waals surface area contributed by atoms with Crippen molar-refractivity contribution in [2.24, 2.45) is 7.05 Å². The van der Waals surface area contributed by atoms with Gasteiger partial charge in [0.05, 0.1) is 24.3 Å².